The molecule has 0 radical (unpaired) electrons. The molecule has 1 aromatic heterocycles. The predicted octanol–water partition coefficient (Wildman–Crippen LogP) is 4.85. The Morgan fingerprint density at radius 2 is 1.84 bits per heavy atom. The van der Waals surface area contributed by atoms with E-state index in [0.717, 1.165) is 28.9 Å². The largest absolute Gasteiger partial charge is 0.362 e. The maximum Gasteiger partial charge on any atom is 0.256 e. The average Bonchev–Trinajstić information content (AvgIpc) is 3.25. The number of rotatable bonds is 4. The van der Waals surface area contributed by atoms with Crippen LogP contribution in [-0.2, 0) is 11.2 Å². The first-order chi connectivity index (χ1) is 12.2. The van der Waals surface area contributed by atoms with E-state index in [-0.39, 0.29) is 5.91 Å². The molecule has 0 fully saturated rings. The number of aromatic nitrogens is 1. The Morgan fingerprint density at radius 3 is 2.60 bits per heavy atom. The van der Waals surface area contributed by atoms with Crippen LogP contribution in [-0.4, -0.2) is 10.9 Å². The van der Waals surface area contributed by atoms with Crippen LogP contribution in [0.5, 0.6) is 0 Å². The van der Waals surface area contributed by atoms with E-state index < -0.39 is 0 Å². The zero-order chi connectivity index (χ0) is 17.2. The molecule has 0 bridgehead atoms. The van der Waals surface area contributed by atoms with Crippen LogP contribution in [0.1, 0.15) is 35.2 Å². The van der Waals surface area contributed by atoms with Crippen molar-refractivity contribution in [2.24, 2.45) is 0 Å². The molecule has 3 nitrogen and oxygen atoms in total. The zero-order valence-corrected chi connectivity index (χ0v) is 14.1. The number of benzene rings is 2. The second-order valence-electron chi connectivity index (χ2n) is 6.49. The summed E-state index contributed by atoms with van der Waals surface area (Å²) < 4.78 is 0. The molecule has 3 heteroatoms. The fourth-order valence-corrected chi connectivity index (χ4v) is 3.45. The molecule has 1 aliphatic heterocycles. The second-order valence-corrected chi connectivity index (χ2v) is 6.49. The number of hydrogen-bond acceptors (Lipinski definition) is 1. The SMILES string of the molecule is CC(Cc1cccc2c1/C(=C/c1ccc[nH]1)C(=O)N2)c1ccccc1. The van der Waals surface area contributed by atoms with Gasteiger partial charge in [-0.25, -0.2) is 0 Å². The van der Waals surface area contributed by atoms with Crippen LogP contribution in [0.15, 0.2) is 66.9 Å². The standard InChI is InChI=1S/C22H20N2O/c1-15(16-7-3-2-4-8-16)13-17-9-5-11-20-21(17)19(22(25)24-20)14-18-10-6-12-23-18/h2-12,14-15,23H,13H2,1H3,(H,24,25)/b19-14-. The Hall–Kier alpha value is -3.07. The van der Waals surface area contributed by atoms with E-state index in [9.17, 15) is 4.79 Å². The van der Waals surface area contributed by atoms with E-state index in [2.05, 4.69) is 47.6 Å². The van der Waals surface area contributed by atoms with Crippen LogP contribution in [0.4, 0.5) is 5.69 Å². The number of fused-ring (bicyclic) bond motifs is 1. The summed E-state index contributed by atoms with van der Waals surface area (Å²) in [4.78, 5) is 15.6. The first-order valence-electron chi connectivity index (χ1n) is 8.56. The fourth-order valence-electron chi connectivity index (χ4n) is 3.45. The predicted molar refractivity (Wildman–Crippen MR) is 102 cm³/mol. The molecule has 25 heavy (non-hydrogen) atoms. The van der Waals surface area contributed by atoms with Gasteiger partial charge in [0.15, 0.2) is 0 Å². The molecule has 2 N–H and O–H groups in total. The van der Waals surface area contributed by atoms with Crippen molar-refractivity contribution >= 4 is 23.2 Å². The molecule has 1 unspecified atom stereocenters. The molecule has 1 aliphatic rings. The molecule has 0 aliphatic carbocycles. The Labute approximate surface area is 147 Å². The molecule has 2 heterocycles. The quantitative estimate of drug-likeness (QED) is 0.660. The molecule has 2 aromatic carbocycles. The van der Waals surface area contributed by atoms with Crippen molar-refractivity contribution in [1.82, 2.24) is 4.98 Å². The van der Waals surface area contributed by atoms with E-state index in [4.69, 9.17) is 0 Å². The van der Waals surface area contributed by atoms with E-state index in [1.807, 2.05) is 42.6 Å². The minimum Gasteiger partial charge on any atom is -0.362 e. The number of nitrogens with one attached hydrogen (secondary N) is 2. The number of carbonyl (C=O) groups excluding carboxylic acids is 1. The van der Waals surface area contributed by atoms with Gasteiger partial charge >= 0.3 is 0 Å². The van der Waals surface area contributed by atoms with Gasteiger partial charge in [0.25, 0.3) is 5.91 Å². The van der Waals surface area contributed by atoms with Gasteiger partial charge in [-0.1, -0.05) is 49.4 Å². The number of aromatic amines is 1. The van der Waals surface area contributed by atoms with Crippen LogP contribution >= 0.6 is 0 Å². The van der Waals surface area contributed by atoms with E-state index in [1.54, 1.807) is 0 Å². The van der Waals surface area contributed by atoms with E-state index >= 15 is 0 Å². The van der Waals surface area contributed by atoms with Gasteiger partial charge in [0.1, 0.15) is 0 Å². The summed E-state index contributed by atoms with van der Waals surface area (Å²) in [5, 5.41) is 2.99. The van der Waals surface area contributed by atoms with Crippen LogP contribution in [0.25, 0.3) is 11.6 Å². The lowest BCUT2D eigenvalue weighted by Crippen LogP contribution is -2.04. The molecule has 1 amide bonds. The Kier molecular flexibility index (Phi) is 3.98. The molecular formula is C22H20N2O. The molecule has 1 atom stereocenters. The van der Waals surface area contributed by atoms with Gasteiger partial charge in [0.05, 0.1) is 5.57 Å². The van der Waals surface area contributed by atoms with Crippen LogP contribution in [0, 0.1) is 0 Å². The lowest BCUT2D eigenvalue weighted by molar-refractivity contribution is -0.110. The van der Waals surface area contributed by atoms with Crippen molar-refractivity contribution in [2.45, 2.75) is 19.3 Å². The minimum atomic E-state index is -0.0376. The number of H-pyrrole nitrogens is 1. The highest BCUT2D eigenvalue weighted by atomic mass is 16.2. The molecule has 0 saturated carbocycles. The van der Waals surface area contributed by atoms with Crippen LogP contribution in [0.2, 0.25) is 0 Å². The van der Waals surface area contributed by atoms with E-state index in [1.165, 1.54) is 11.1 Å². The molecule has 3 aromatic rings. The Morgan fingerprint density at radius 1 is 1.00 bits per heavy atom. The summed E-state index contributed by atoms with van der Waals surface area (Å²) in [6.45, 7) is 2.23. The summed E-state index contributed by atoms with van der Waals surface area (Å²) >= 11 is 0. The summed E-state index contributed by atoms with van der Waals surface area (Å²) in [6, 6.07) is 20.5. The monoisotopic (exact) mass is 328 g/mol. The van der Waals surface area contributed by atoms with Gasteiger partial charge in [0, 0.05) is 23.1 Å². The minimum absolute atomic E-state index is 0.0376. The van der Waals surface area contributed by atoms with Crippen molar-refractivity contribution in [3.63, 3.8) is 0 Å². The van der Waals surface area contributed by atoms with Gasteiger partial charge in [-0.2, -0.15) is 0 Å². The molecule has 4 rings (SSSR count). The van der Waals surface area contributed by atoms with Crippen LogP contribution < -0.4 is 5.32 Å². The third-order valence-corrected chi connectivity index (χ3v) is 4.73. The normalized spacial score (nSPS) is 15.9. The number of anilines is 1. The maximum absolute atomic E-state index is 12.5. The number of hydrogen-bond donors (Lipinski definition) is 2. The van der Waals surface area contributed by atoms with Crippen molar-refractivity contribution < 1.29 is 4.79 Å². The van der Waals surface area contributed by atoms with Gasteiger partial charge in [-0.05, 0) is 47.7 Å². The first kappa shape index (κ1) is 15.5. The van der Waals surface area contributed by atoms with E-state index in [0.29, 0.717) is 5.92 Å². The highest BCUT2D eigenvalue weighted by Crippen LogP contribution is 2.37. The van der Waals surface area contributed by atoms with Gasteiger partial charge < -0.3 is 10.3 Å². The smallest absolute Gasteiger partial charge is 0.256 e. The lowest BCUT2D eigenvalue weighted by Gasteiger charge is -2.15. The van der Waals surface area contributed by atoms with Gasteiger partial charge in [0.2, 0.25) is 0 Å². The van der Waals surface area contributed by atoms with Crippen LogP contribution in [0.3, 0.4) is 0 Å². The molecular weight excluding hydrogens is 308 g/mol. The summed E-state index contributed by atoms with van der Waals surface area (Å²) in [5.41, 5.74) is 6.11. The topological polar surface area (TPSA) is 44.9 Å². The summed E-state index contributed by atoms with van der Waals surface area (Å²) in [7, 11) is 0. The fraction of sp³-hybridized carbons (Fsp3) is 0.136. The molecule has 0 saturated heterocycles. The molecule has 0 spiro atoms. The van der Waals surface area contributed by atoms with Crippen molar-refractivity contribution in [1.29, 1.82) is 0 Å². The summed E-state index contributed by atoms with van der Waals surface area (Å²) in [5.74, 6) is 0.347. The highest BCUT2D eigenvalue weighted by Gasteiger charge is 2.27. The lowest BCUT2D eigenvalue weighted by atomic mass is 9.89. The Bertz CT molecular complexity index is 924. The summed E-state index contributed by atoms with van der Waals surface area (Å²) in [6.07, 6.45) is 4.69. The number of carbonyl (C=O) groups is 1. The molecule has 124 valence electrons. The first-order valence-corrected chi connectivity index (χ1v) is 8.56. The average molecular weight is 328 g/mol. The highest BCUT2D eigenvalue weighted by molar-refractivity contribution is 6.35. The van der Waals surface area contributed by atoms with Crippen molar-refractivity contribution in [3.8, 4) is 0 Å². The van der Waals surface area contributed by atoms with Crippen molar-refractivity contribution in [3.05, 3.63) is 89.2 Å². The third-order valence-electron chi connectivity index (χ3n) is 4.73. The Balaban J connectivity index is 1.72. The van der Waals surface area contributed by atoms with Crippen molar-refractivity contribution in [2.75, 3.05) is 5.32 Å². The third kappa shape index (κ3) is 3.01. The zero-order valence-electron chi connectivity index (χ0n) is 14.1. The van der Waals surface area contributed by atoms with Gasteiger partial charge in [-0.3, -0.25) is 4.79 Å². The second kappa shape index (κ2) is 6.44. The van der Waals surface area contributed by atoms with Gasteiger partial charge in [-0.15, -0.1) is 0 Å². The maximum atomic E-state index is 12.5. The number of amides is 1.